The van der Waals surface area contributed by atoms with Gasteiger partial charge in [-0.1, -0.05) is 18.5 Å². The summed E-state index contributed by atoms with van der Waals surface area (Å²) >= 11 is 6.22. The van der Waals surface area contributed by atoms with E-state index in [4.69, 9.17) is 21.1 Å². The molecule has 0 aliphatic carbocycles. The van der Waals surface area contributed by atoms with Gasteiger partial charge in [-0.25, -0.2) is 0 Å². The number of rotatable bonds is 5. The Hall–Kier alpha value is -0.930. The second-order valence-electron chi connectivity index (χ2n) is 5.04. The van der Waals surface area contributed by atoms with Crippen LogP contribution in [0.5, 0.6) is 5.75 Å². The van der Waals surface area contributed by atoms with Gasteiger partial charge in [-0.05, 0) is 44.4 Å². The fourth-order valence-electron chi connectivity index (χ4n) is 2.28. The van der Waals surface area contributed by atoms with Crippen LogP contribution in [0.4, 0.5) is 5.69 Å². The van der Waals surface area contributed by atoms with Crippen LogP contribution in [0.15, 0.2) is 18.2 Å². The summed E-state index contributed by atoms with van der Waals surface area (Å²) in [5.74, 6) is 0.759. The molecule has 0 amide bonds. The third-order valence-corrected chi connectivity index (χ3v) is 3.54. The van der Waals surface area contributed by atoms with Crippen molar-refractivity contribution in [1.29, 1.82) is 0 Å². The molecule has 1 aliphatic heterocycles. The molecule has 2 atom stereocenters. The van der Waals surface area contributed by atoms with Gasteiger partial charge in [0.05, 0.1) is 17.7 Å². The molecule has 2 unspecified atom stereocenters. The van der Waals surface area contributed by atoms with Crippen LogP contribution < -0.4 is 10.1 Å². The second-order valence-corrected chi connectivity index (χ2v) is 5.45. The van der Waals surface area contributed by atoms with E-state index < -0.39 is 0 Å². The van der Waals surface area contributed by atoms with Gasteiger partial charge >= 0.3 is 0 Å². The van der Waals surface area contributed by atoms with Crippen LogP contribution in [-0.4, -0.2) is 25.4 Å². The minimum atomic E-state index is 0.328. The highest BCUT2D eigenvalue weighted by molar-refractivity contribution is 6.32. The molecular formula is C15H22ClNO2. The van der Waals surface area contributed by atoms with Crippen LogP contribution in [-0.2, 0) is 4.74 Å². The lowest BCUT2D eigenvalue weighted by atomic mass is 10.0. The Kier molecular flexibility index (Phi) is 5.34. The van der Waals surface area contributed by atoms with E-state index in [0.717, 1.165) is 37.3 Å². The first kappa shape index (κ1) is 14.5. The van der Waals surface area contributed by atoms with E-state index in [-0.39, 0.29) is 0 Å². The Bertz CT molecular complexity index is 411. The second kappa shape index (κ2) is 7.01. The number of benzene rings is 1. The third-order valence-electron chi connectivity index (χ3n) is 3.25. The van der Waals surface area contributed by atoms with Gasteiger partial charge in [-0.15, -0.1) is 0 Å². The number of halogens is 1. The van der Waals surface area contributed by atoms with Crippen molar-refractivity contribution < 1.29 is 9.47 Å². The maximum atomic E-state index is 6.22. The van der Waals surface area contributed by atoms with Crippen LogP contribution in [0.25, 0.3) is 0 Å². The summed E-state index contributed by atoms with van der Waals surface area (Å²) in [6, 6.07) is 6.36. The maximum Gasteiger partial charge on any atom is 0.138 e. The van der Waals surface area contributed by atoms with E-state index in [1.165, 1.54) is 0 Å². The Morgan fingerprint density at radius 2 is 2.32 bits per heavy atom. The van der Waals surface area contributed by atoms with Crippen molar-refractivity contribution in [2.24, 2.45) is 0 Å². The Labute approximate surface area is 120 Å². The lowest BCUT2D eigenvalue weighted by molar-refractivity contribution is 0.0232. The van der Waals surface area contributed by atoms with E-state index in [2.05, 4.69) is 19.2 Å². The fraction of sp³-hybridized carbons (Fsp3) is 0.600. The van der Waals surface area contributed by atoms with Crippen LogP contribution >= 0.6 is 11.6 Å². The topological polar surface area (TPSA) is 30.5 Å². The maximum absolute atomic E-state index is 6.22. The highest BCUT2D eigenvalue weighted by Crippen LogP contribution is 2.29. The average Bonchev–Trinajstić information content (AvgIpc) is 2.38. The molecule has 1 aromatic carbocycles. The van der Waals surface area contributed by atoms with E-state index in [9.17, 15) is 0 Å². The molecule has 106 valence electrons. The lowest BCUT2D eigenvalue weighted by Crippen LogP contribution is -2.32. The number of anilines is 1. The fourth-order valence-corrected chi connectivity index (χ4v) is 2.52. The molecule has 0 spiro atoms. The van der Waals surface area contributed by atoms with E-state index in [0.29, 0.717) is 23.8 Å². The van der Waals surface area contributed by atoms with Crippen molar-refractivity contribution in [3.05, 3.63) is 23.2 Å². The van der Waals surface area contributed by atoms with Crippen LogP contribution in [0.3, 0.4) is 0 Å². The molecule has 2 rings (SSSR count). The van der Waals surface area contributed by atoms with Crippen molar-refractivity contribution in [2.45, 2.75) is 45.3 Å². The van der Waals surface area contributed by atoms with Crippen LogP contribution in [0.1, 0.15) is 33.1 Å². The van der Waals surface area contributed by atoms with Crippen molar-refractivity contribution in [3.8, 4) is 5.75 Å². The predicted octanol–water partition coefficient (Wildman–Crippen LogP) is 4.11. The zero-order chi connectivity index (χ0) is 13.7. The van der Waals surface area contributed by atoms with E-state index >= 15 is 0 Å². The molecule has 0 aromatic heterocycles. The van der Waals surface area contributed by atoms with E-state index in [1.54, 1.807) is 0 Å². The van der Waals surface area contributed by atoms with Gasteiger partial charge < -0.3 is 14.8 Å². The molecule has 0 radical (unpaired) electrons. The molecule has 1 aliphatic rings. The SMILES string of the molecule is CCCOc1ccc(NC2CCOC(C)C2)cc1Cl. The van der Waals surface area contributed by atoms with Gasteiger partial charge in [0.25, 0.3) is 0 Å². The first-order valence-corrected chi connectivity index (χ1v) is 7.37. The molecule has 0 saturated carbocycles. The zero-order valence-corrected chi connectivity index (χ0v) is 12.4. The molecule has 1 saturated heterocycles. The molecule has 1 N–H and O–H groups in total. The summed E-state index contributed by atoms with van der Waals surface area (Å²) in [5, 5.41) is 4.18. The molecule has 1 heterocycles. The number of hydrogen-bond donors (Lipinski definition) is 1. The van der Waals surface area contributed by atoms with Gasteiger partial charge in [0.15, 0.2) is 0 Å². The van der Waals surface area contributed by atoms with Crippen molar-refractivity contribution in [2.75, 3.05) is 18.5 Å². The molecule has 1 aromatic rings. The quantitative estimate of drug-likeness (QED) is 0.882. The summed E-state index contributed by atoms with van der Waals surface area (Å²) in [6.07, 6.45) is 3.38. The summed E-state index contributed by atoms with van der Waals surface area (Å²) < 4.78 is 11.1. The highest BCUT2D eigenvalue weighted by atomic mass is 35.5. The van der Waals surface area contributed by atoms with Gasteiger partial charge in [0.2, 0.25) is 0 Å². The molecule has 19 heavy (non-hydrogen) atoms. The van der Waals surface area contributed by atoms with Crippen molar-refractivity contribution in [1.82, 2.24) is 0 Å². The van der Waals surface area contributed by atoms with Crippen molar-refractivity contribution >= 4 is 17.3 Å². The minimum absolute atomic E-state index is 0.328. The molecule has 0 bridgehead atoms. The van der Waals surface area contributed by atoms with Crippen molar-refractivity contribution in [3.63, 3.8) is 0 Å². The molecular weight excluding hydrogens is 262 g/mol. The summed E-state index contributed by atoms with van der Waals surface area (Å²) in [6.45, 7) is 5.72. The molecule has 1 fully saturated rings. The minimum Gasteiger partial charge on any atom is -0.492 e. The zero-order valence-electron chi connectivity index (χ0n) is 11.6. The highest BCUT2D eigenvalue weighted by Gasteiger charge is 2.19. The summed E-state index contributed by atoms with van der Waals surface area (Å²) in [7, 11) is 0. The van der Waals surface area contributed by atoms with Gasteiger partial charge in [-0.3, -0.25) is 0 Å². The Morgan fingerprint density at radius 1 is 1.47 bits per heavy atom. The van der Waals surface area contributed by atoms with Crippen LogP contribution in [0.2, 0.25) is 5.02 Å². The smallest absolute Gasteiger partial charge is 0.138 e. The number of ether oxygens (including phenoxy) is 2. The monoisotopic (exact) mass is 283 g/mol. The average molecular weight is 284 g/mol. The lowest BCUT2D eigenvalue weighted by Gasteiger charge is -2.28. The molecule has 3 nitrogen and oxygen atoms in total. The van der Waals surface area contributed by atoms with Gasteiger partial charge in [-0.2, -0.15) is 0 Å². The largest absolute Gasteiger partial charge is 0.492 e. The first-order valence-electron chi connectivity index (χ1n) is 6.99. The normalized spacial score (nSPS) is 23.1. The summed E-state index contributed by atoms with van der Waals surface area (Å²) in [5.41, 5.74) is 1.05. The third kappa shape index (κ3) is 4.29. The Morgan fingerprint density at radius 3 is 3.00 bits per heavy atom. The summed E-state index contributed by atoms with van der Waals surface area (Å²) in [4.78, 5) is 0. The molecule has 4 heteroatoms. The van der Waals surface area contributed by atoms with Gasteiger partial charge in [0, 0.05) is 18.3 Å². The van der Waals surface area contributed by atoms with Gasteiger partial charge in [0.1, 0.15) is 5.75 Å². The van der Waals surface area contributed by atoms with E-state index in [1.807, 2.05) is 18.2 Å². The number of nitrogens with one attached hydrogen (secondary N) is 1. The van der Waals surface area contributed by atoms with Crippen LogP contribution in [0, 0.1) is 0 Å². The first-order chi connectivity index (χ1) is 9.19. The standard InChI is InChI=1S/C15H22ClNO2/c1-3-7-19-15-5-4-12(10-14(15)16)17-13-6-8-18-11(2)9-13/h4-5,10-11,13,17H,3,6-9H2,1-2H3. The number of hydrogen-bond acceptors (Lipinski definition) is 3. The predicted molar refractivity (Wildman–Crippen MR) is 79.3 cm³/mol. The Balaban J connectivity index is 1.95.